The summed E-state index contributed by atoms with van der Waals surface area (Å²) in [5.74, 6) is -1.27. The molecule has 0 saturated carbocycles. The zero-order valence-electron chi connectivity index (χ0n) is 27.4. The number of amides is 2. The van der Waals surface area contributed by atoms with Gasteiger partial charge >= 0.3 is 0 Å². The van der Waals surface area contributed by atoms with Gasteiger partial charge in [-0.3, -0.25) is 13.9 Å². The smallest absolute Gasteiger partial charge is 0.264 e. The first-order valence-corrected chi connectivity index (χ1v) is 16.9. The summed E-state index contributed by atoms with van der Waals surface area (Å²) in [4.78, 5) is 29.7. The lowest BCUT2D eigenvalue weighted by Gasteiger charge is -2.34. The second kappa shape index (κ2) is 15.7. The minimum atomic E-state index is -4.32. The van der Waals surface area contributed by atoms with E-state index in [4.69, 9.17) is 4.74 Å². The SMILES string of the molecule is COc1ccc(C)cc1N(CC(=O)N(Cc1ccccc1F)[C@H](Cc1ccccc1)C(=O)NCC(C)C)S(=O)(=O)c1ccc(C)cc1. The molecule has 248 valence electrons. The van der Waals surface area contributed by atoms with Gasteiger partial charge in [0.05, 0.1) is 17.7 Å². The van der Waals surface area contributed by atoms with Crippen LogP contribution in [0.15, 0.2) is 102 Å². The molecule has 0 aliphatic heterocycles. The second-order valence-corrected chi connectivity index (χ2v) is 13.8. The number of carbonyl (C=O) groups is 2. The maximum absolute atomic E-state index is 15.1. The van der Waals surface area contributed by atoms with Crippen LogP contribution in [0, 0.1) is 25.6 Å². The summed E-state index contributed by atoms with van der Waals surface area (Å²) in [7, 11) is -2.90. The third-order valence-corrected chi connectivity index (χ3v) is 9.52. The number of hydrogen-bond donors (Lipinski definition) is 1. The molecule has 47 heavy (non-hydrogen) atoms. The highest BCUT2D eigenvalue weighted by atomic mass is 32.2. The molecule has 0 radical (unpaired) electrons. The van der Waals surface area contributed by atoms with Gasteiger partial charge in [0.1, 0.15) is 24.2 Å². The first-order chi connectivity index (χ1) is 22.4. The molecule has 1 N–H and O–H groups in total. The maximum atomic E-state index is 15.1. The van der Waals surface area contributed by atoms with Gasteiger partial charge in [0.25, 0.3) is 10.0 Å². The van der Waals surface area contributed by atoms with Crippen LogP contribution in [-0.2, 0) is 32.6 Å². The average molecular weight is 660 g/mol. The van der Waals surface area contributed by atoms with Crippen LogP contribution in [0.2, 0.25) is 0 Å². The number of hydrogen-bond acceptors (Lipinski definition) is 5. The monoisotopic (exact) mass is 659 g/mol. The quantitative estimate of drug-likeness (QED) is 0.178. The molecular weight excluding hydrogens is 617 g/mol. The number of benzene rings is 4. The summed E-state index contributed by atoms with van der Waals surface area (Å²) >= 11 is 0. The molecule has 8 nitrogen and oxygen atoms in total. The Kier molecular flexibility index (Phi) is 11.8. The van der Waals surface area contributed by atoms with E-state index in [0.717, 1.165) is 21.0 Å². The molecule has 0 aliphatic rings. The summed E-state index contributed by atoms with van der Waals surface area (Å²) in [6.07, 6.45) is 0.128. The molecule has 0 aliphatic carbocycles. The Morgan fingerprint density at radius 1 is 0.872 bits per heavy atom. The third kappa shape index (κ3) is 8.98. The van der Waals surface area contributed by atoms with Crippen molar-refractivity contribution in [3.63, 3.8) is 0 Å². The molecule has 0 fully saturated rings. The van der Waals surface area contributed by atoms with Crippen molar-refractivity contribution in [2.24, 2.45) is 5.92 Å². The molecule has 10 heteroatoms. The van der Waals surface area contributed by atoms with Crippen molar-refractivity contribution < 1.29 is 27.1 Å². The minimum Gasteiger partial charge on any atom is -0.495 e. The summed E-state index contributed by atoms with van der Waals surface area (Å²) in [5.41, 5.74) is 2.75. The number of halogens is 1. The molecule has 0 aromatic heterocycles. The highest BCUT2D eigenvalue weighted by Gasteiger charge is 2.36. The van der Waals surface area contributed by atoms with Crippen molar-refractivity contribution in [3.05, 3.63) is 125 Å². The normalized spacial score (nSPS) is 12.0. The van der Waals surface area contributed by atoms with Gasteiger partial charge in [0.15, 0.2) is 0 Å². The number of methoxy groups -OCH3 is 1. The Labute approximate surface area is 277 Å². The van der Waals surface area contributed by atoms with Crippen LogP contribution < -0.4 is 14.4 Å². The van der Waals surface area contributed by atoms with Crippen molar-refractivity contribution in [3.8, 4) is 5.75 Å². The van der Waals surface area contributed by atoms with Gasteiger partial charge in [-0.05, 0) is 61.2 Å². The Morgan fingerprint density at radius 3 is 2.15 bits per heavy atom. The van der Waals surface area contributed by atoms with E-state index in [1.165, 1.54) is 30.2 Å². The third-order valence-electron chi connectivity index (χ3n) is 7.75. The van der Waals surface area contributed by atoms with Crippen LogP contribution >= 0.6 is 0 Å². The summed E-state index contributed by atoms with van der Waals surface area (Å²) < 4.78 is 50.3. The van der Waals surface area contributed by atoms with E-state index in [1.807, 2.05) is 51.1 Å². The first-order valence-electron chi connectivity index (χ1n) is 15.5. The Hall–Kier alpha value is -4.70. The molecule has 0 unspecified atom stereocenters. The molecular formula is C37H42FN3O5S. The number of anilines is 1. The maximum Gasteiger partial charge on any atom is 0.264 e. The van der Waals surface area contributed by atoms with E-state index >= 15 is 4.39 Å². The van der Waals surface area contributed by atoms with E-state index in [9.17, 15) is 18.0 Å². The van der Waals surface area contributed by atoms with Gasteiger partial charge in [0, 0.05) is 25.1 Å². The number of aryl methyl sites for hydroxylation is 2. The lowest BCUT2D eigenvalue weighted by Crippen LogP contribution is -2.54. The first kappa shape index (κ1) is 35.2. The predicted octanol–water partition coefficient (Wildman–Crippen LogP) is 6.06. The lowest BCUT2D eigenvalue weighted by molar-refractivity contribution is -0.140. The van der Waals surface area contributed by atoms with Gasteiger partial charge in [-0.25, -0.2) is 12.8 Å². The number of carbonyl (C=O) groups excluding carboxylic acids is 2. The average Bonchev–Trinajstić information content (AvgIpc) is 3.05. The van der Waals surface area contributed by atoms with Crippen molar-refractivity contribution >= 4 is 27.5 Å². The molecule has 0 heterocycles. The highest BCUT2D eigenvalue weighted by molar-refractivity contribution is 7.92. The Balaban J connectivity index is 1.86. The van der Waals surface area contributed by atoms with Crippen molar-refractivity contribution in [2.45, 2.75) is 51.6 Å². The molecule has 0 bridgehead atoms. The molecule has 2 amide bonds. The van der Waals surface area contributed by atoms with Crippen LogP contribution in [0.5, 0.6) is 5.75 Å². The summed E-state index contributed by atoms with van der Waals surface area (Å²) in [6, 6.07) is 25.5. The number of rotatable bonds is 14. The van der Waals surface area contributed by atoms with Crippen molar-refractivity contribution in [1.82, 2.24) is 10.2 Å². The topological polar surface area (TPSA) is 96.0 Å². The molecule has 1 atom stereocenters. The fourth-order valence-corrected chi connectivity index (χ4v) is 6.55. The van der Waals surface area contributed by atoms with Crippen molar-refractivity contribution in [1.29, 1.82) is 0 Å². The standard InChI is InChI=1S/C37H42FN3O5S/c1-26(2)23-39-37(43)34(22-29-11-7-6-8-12-29)40(24-30-13-9-10-14-32(30)38)36(42)25-41(33-21-28(4)17-20-35(33)46-5)47(44,45)31-18-15-27(3)16-19-31/h6-21,26,34H,22-25H2,1-5H3,(H,39,43)/t34-/m1/s1. The van der Waals surface area contributed by atoms with Crippen LogP contribution in [0.3, 0.4) is 0 Å². The molecule has 0 saturated heterocycles. The van der Waals surface area contributed by atoms with Crippen LogP contribution in [-0.4, -0.2) is 51.4 Å². The number of ether oxygens (including phenoxy) is 1. The zero-order chi connectivity index (χ0) is 34.1. The summed E-state index contributed by atoms with van der Waals surface area (Å²) in [6.45, 7) is 6.99. The number of sulfonamides is 1. The van der Waals surface area contributed by atoms with Gasteiger partial charge in [-0.1, -0.05) is 86.1 Å². The Bertz CT molecular complexity index is 1780. The van der Waals surface area contributed by atoms with E-state index < -0.39 is 40.2 Å². The molecule has 0 spiro atoms. The van der Waals surface area contributed by atoms with Crippen LogP contribution in [0.4, 0.5) is 10.1 Å². The van der Waals surface area contributed by atoms with E-state index in [-0.39, 0.29) is 40.8 Å². The van der Waals surface area contributed by atoms with E-state index in [0.29, 0.717) is 6.54 Å². The Morgan fingerprint density at radius 2 is 1.51 bits per heavy atom. The van der Waals surface area contributed by atoms with Crippen molar-refractivity contribution in [2.75, 3.05) is 24.5 Å². The second-order valence-electron chi connectivity index (χ2n) is 12.0. The lowest BCUT2D eigenvalue weighted by atomic mass is 10.0. The van der Waals surface area contributed by atoms with E-state index in [2.05, 4.69) is 5.32 Å². The molecule has 4 aromatic rings. The van der Waals surface area contributed by atoms with Crippen LogP contribution in [0.25, 0.3) is 0 Å². The zero-order valence-corrected chi connectivity index (χ0v) is 28.3. The largest absolute Gasteiger partial charge is 0.495 e. The van der Waals surface area contributed by atoms with Gasteiger partial charge < -0.3 is 15.0 Å². The predicted molar refractivity (Wildman–Crippen MR) is 182 cm³/mol. The number of nitrogens with one attached hydrogen (secondary N) is 1. The minimum absolute atomic E-state index is 0.0179. The molecule has 4 rings (SSSR count). The van der Waals surface area contributed by atoms with Crippen LogP contribution in [0.1, 0.15) is 36.1 Å². The fraction of sp³-hybridized carbons (Fsp3) is 0.297. The highest BCUT2D eigenvalue weighted by Crippen LogP contribution is 2.34. The van der Waals surface area contributed by atoms with Gasteiger partial charge in [0.2, 0.25) is 11.8 Å². The fourth-order valence-electron chi connectivity index (χ4n) is 5.13. The van der Waals surface area contributed by atoms with E-state index in [1.54, 1.807) is 55.5 Å². The summed E-state index contributed by atoms with van der Waals surface area (Å²) in [5, 5.41) is 2.93. The van der Waals surface area contributed by atoms with Gasteiger partial charge in [-0.2, -0.15) is 0 Å². The number of nitrogens with zero attached hydrogens (tertiary/aromatic N) is 2. The van der Waals surface area contributed by atoms with Gasteiger partial charge in [-0.15, -0.1) is 0 Å². The molecule has 4 aromatic carbocycles.